The minimum atomic E-state index is -0.905. The molecule has 1 aliphatic rings. The van der Waals surface area contributed by atoms with Crippen molar-refractivity contribution in [2.75, 3.05) is 4.90 Å². The first-order valence-corrected chi connectivity index (χ1v) is 5.55. The largest absolute Gasteiger partial charge is 0.508 e. The molecule has 1 atom stereocenters. The van der Waals surface area contributed by atoms with E-state index in [9.17, 15) is 10.2 Å². The van der Waals surface area contributed by atoms with Crippen LogP contribution in [0.2, 0.25) is 5.15 Å². The lowest BCUT2D eigenvalue weighted by Crippen LogP contribution is -2.35. The van der Waals surface area contributed by atoms with Gasteiger partial charge in [-0.2, -0.15) is 0 Å². The zero-order chi connectivity index (χ0) is 12.6. The number of anilines is 1. The van der Waals surface area contributed by atoms with Gasteiger partial charge in [0.05, 0.1) is 5.69 Å². The Kier molecular flexibility index (Phi) is 3.09. The maximum absolute atomic E-state index is 9.96. The molecule has 2 heterocycles. The number of rotatable bonds is 1. The Morgan fingerprint density at radius 3 is 2.76 bits per heavy atom. The van der Waals surface area contributed by atoms with Crippen LogP contribution < -0.4 is 4.90 Å². The third-order valence-electron chi connectivity index (χ3n) is 2.62. The molecule has 0 aliphatic carbocycles. The molecule has 1 aliphatic heterocycles. The molecule has 5 heteroatoms. The van der Waals surface area contributed by atoms with E-state index in [0.29, 0.717) is 5.15 Å². The minimum absolute atomic E-state index is 0.0593. The Hall–Kier alpha value is -1.52. The first-order valence-electron chi connectivity index (χ1n) is 5.17. The zero-order valence-electron chi connectivity index (χ0n) is 9.55. The molecule has 2 rings (SSSR count). The molecule has 0 amide bonds. The molecule has 4 nitrogen and oxygen atoms in total. The van der Waals surface area contributed by atoms with E-state index in [1.165, 1.54) is 6.08 Å². The van der Waals surface area contributed by atoms with Gasteiger partial charge in [-0.3, -0.25) is 0 Å². The van der Waals surface area contributed by atoms with Gasteiger partial charge in [0.25, 0.3) is 0 Å². The van der Waals surface area contributed by atoms with Crippen LogP contribution in [0.4, 0.5) is 5.69 Å². The van der Waals surface area contributed by atoms with Crippen LogP contribution in [0.5, 0.6) is 0 Å². The molecule has 0 bridgehead atoms. The van der Waals surface area contributed by atoms with Gasteiger partial charge in [-0.1, -0.05) is 11.6 Å². The highest BCUT2D eigenvalue weighted by Crippen LogP contribution is 2.30. The number of hydrogen-bond acceptors (Lipinski definition) is 4. The van der Waals surface area contributed by atoms with E-state index in [4.69, 9.17) is 11.6 Å². The van der Waals surface area contributed by atoms with Gasteiger partial charge in [0, 0.05) is 18.0 Å². The van der Waals surface area contributed by atoms with Crippen LogP contribution in [0, 0.1) is 6.92 Å². The molecule has 0 aromatic carbocycles. The molecule has 1 unspecified atom stereocenters. The van der Waals surface area contributed by atoms with Crippen molar-refractivity contribution in [3.8, 4) is 0 Å². The second-order valence-electron chi connectivity index (χ2n) is 3.95. The maximum atomic E-state index is 9.96. The highest BCUT2D eigenvalue weighted by Gasteiger charge is 2.22. The number of allylic oxidation sites excluding steroid dienone is 2. The van der Waals surface area contributed by atoms with E-state index >= 15 is 0 Å². The van der Waals surface area contributed by atoms with Crippen LogP contribution in [-0.2, 0) is 0 Å². The van der Waals surface area contributed by atoms with E-state index < -0.39 is 6.23 Å². The van der Waals surface area contributed by atoms with E-state index in [2.05, 4.69) is 4.98 Å². The quantitative estimate of drug-likeness (QED) is 0.754. The lowest BCUT2D eigenvalue weighted by molar-refractivity contribution is 0.216. The molecule has 0 radical (unpaired) electrons. The number of pyridine rings is 1. The lowest BCUT2D eigenvalue weighted by atomic mass is 10.1. The molecule has 1 aromatic heterocycles. The highest BCUT2D eigenvalue weighted by atomic mass is 35.5. The second kappa shape index (κ2) is 4.39. The van der Waals surface area contributed by atoms with Gasteiger partial charge in [0.15, 0.2) is 6.23 Å². The predicted octanol–water partition coefficient (Wildman–Crippen LogP) is 2.53. The smallest absolute Gasteiger partial charge is 0.154 e. The summed E-state index contributed by atoms with van der Waals surface area (Å²) < 4.78 is 0. The number of hydrogen-bond donors (Lipinski definition) is 2. The highest BCUT2D eigenvalue weighted by molar-refractivity contribution is 6.29. The van der Waals surface area contributed by atoms with Gasteiger partial charge < -0.3 is 15.1 Å². The summed E-state index contributed by atoms with van der Waals surface area (Å²) in [5.74, 6) is 0.0593. The fourth-order valence-electron chi connectivity index (χ4n) is 1.85. The van der Waals surface area contributed by atoms with E-state index in [0.717, 1.165) is 16.9 Å². The number of aryl methyl sites for hydroxylation is 1. The Balaban J connectivity index is 2.47. The van der Waals surface area contributed by atoms with Crippen LogP contribution in [0.15, 0.2) is 35.9 Å². The molecule has 0 saturated carbocycles. The molecular formula is C12H13ClN2O2. The second-order valence-corrected chi connectivity index (χ2v) is 4.34. The van der Waals surface area contributed by atoms with E-state index in [1.54, 1.807) is 30.2 Å². The fraction of sp³-hybridized carbons (Fsp3) is 0.250. The lowest BCUT2D eigenvalue weighted by Gasteiger charge is -2.32. The minimum Gasteiger partial charge on any atom is -0.508 e. The molecule has 17 heavy (non-hydrogen) atoms. The third-order valence-corrected chi connectivity index (χ3v) is 2.83. The molecule has 0 spiro atoms. The van der Waals surface area contributed by atoms with Crippen molar-refractivity contribution in [2.24, 2.45) is 0 Å². The first kappa shape index (κ1) is 12.0. The van der Waals surface area contributed by atoms with Crippen molar-refractivity contribution in [1.29, 1.82) is 0 Å². The van der Waals surface area contributed by atoms with Crippen molar-refractivity contribution in [3.05, 3.63) is 46.6 Å². The van der Waals surface area contributed by atoms with E-state index in [1.807, 2.05) is 6.92 Å². The number of nitrogens with zero attached hydrogens (tertiary/aromatic N) is 2. The number of aromatic nitrogens is 1. The summed E-state index contributed by atoms with van der Waals surface area (Å²) in [6, 6.07) is 1.69. The van der Waals surface area contributed by atoms with Gasteiger partial charge in [0.2, 0.25) is 0 Å². The number of aliphatic hydroxyl groups is 2. The Bertz CT molecular complexity index is 511. The van der Waals surface area contributed by atoms with Crippen molar-refractivity contribution >= 4 is 17.3 Å². The average Bonchev–Trinajstić information content (AvgIpc) is 2.21. The monoisotopic (exact) mass is 252 g/mol. The SMILES string of the molecule is CC1=CC(O)=CC(O)N1c1cc(Cl)ncc1C. The Morgan fingerprint density at radius 1 is 1.41 bits per heavy atom. The number of halogens is 1. The molecule has 0 saturated heterocycles. The summed E-state index contributed by atoms with van der Waals surface area (Å²) in [7, 11) is 0. The first-order chi connectivity index (χ1) is 7.99. The van der Waals surface area contributed by atoms with E-state index in [-0.39, 0.29) is 5.76 Å². The summed E-state index contributed by atoms with van der Waals surface area (Å²) in [5.41, 5.74) is 2.41. The zero-order valence-corrected chi connectivity index (χ0v) is 10.3. The fourth-order valence-corrected chi connectivity index (χ4v) is 2.00. The van der Waals surface area contributed by atoms with Gasteiger partial charge in [-0.05, 0) is 31.6 Å². The standard InChI is InChI=1S/C12H13ClN2O2/c1-7-6-14-11(13)5-10(7)15-8(2)3-9(16)4-12(15)17/h3-6,12,16-17H,1-2H3. The topological polar surface area (TPSA) is 56.6 Å². The molecular weight excluding hydrogens is 240 g/mol. The van der Waals surface area contributed by atoms with Gasteiger partial charge >= 0.3 is 0 Å². The van der Waals surface area contributed by atoms with Crippen molar-refractivity contribution in [2.45, 2.75) is 20.1 Å². The predicted molar refractivity (Wildman–Crippen MR) is 66.9 cm³/mol. The molecule has 90 valence electrons. The number of aliphatic hydroxyl groups excluding tert-OH is 2. The summed E-state index contributed by atoms with van der Waals surface area (Å²) >= 11 is 5.86. The Morgan fingerprint density at radius 2 is 2.12 bits per heavy atom. The van der Waals surface area contributed by atoms with Crippen LogP contribution in [0.25, 0.3) is 0 Å². The van der Waals surface area contributed by atoms with Crippen molar-refractivity contribution in [1.82, 2.24) is 4.98 Å². The van der Waals surface area contributed by atoms with Gasteiger partial charge in [-0.25, -0.2) is 4.98 Å². The third kappa shape index (κ3) is 2.28. The summed E-state index contributed by atoms with van der Waals surface area (Å²) in [6.07, 6.45) is 3.69. The van der Waals surface area contributed by atoms with Crippen LogP contribution in [-0.4, -0.2) is 21.4 Å². The molecule has 2 N–H and O–H groups in total. The Labute approximate surface area is 104 Å². The van der Waals surface area contributed by atoms with Crippen molar-refractivity contribution < 1.29 is 10.2 Å². The maximum Gasteiger partial charge on any atom is 0.154 e. The van der Waals surface area contributed by atoms with Gasteiger partial charge in [-0.15, -0.1) is 0 Å². The average molecular weight is 253 g/mol. The van der Waals surface area contributed by atoms with Crippen LogP contribution in [0.1, 0.15) is 12.5 Å². The van der Waals surface area contributed by atoms with Gasteiger partial charge in [0.1, 0.15) is 10.9 Å². The van der Waals surface area contributed by atoms with Crippen LogP contribution >= 0.6 is 11.6 Å². The summed E-state index contributed by atoms with van der Waals surface area (Å²) in [5, 5.41) is 19.7. The van der Waals surface area contributed by atoms with Crippen molar-refractivity contribution in [3.63, 3.8) is 0 Å². The summed E-state index contributed by atoms with van der Waals surface area (Å²) in [4.78, 5) is 5.66. The van der Waals surface area contributed by atoms with Crippen LogP contribution in [0.3, 0.4) is 0 Å². The molecule has 0 fully saturated rings. The normalized spacial score (nSPS) is 20.0. The molecule has 1 aromatic rings. The summed E-state index contributed by atoms with van der Waals surface area (Å²) in [6.45, 7) is 3.69.